The van der Waals surface area contributed by atoms with E-state index in [1.165, 1.54) is 36.4 Å². The number of guanidine groups is 1. The number of ether oxygens (including phenoxy) is 1. The maximum absolute atomic E-state index is 5.34. The number of hydrogen-bond acceptors (Lipinski definition) is 4. The topological polar surface area (TPSA) is 58.5 Å². The Morgan fingerprint density at radius 3 is 2.63 bits per heavy atom. The predicted molar refractivity (Wildman–Crippen MR) is 116 cm³/mol. The lowest BCUT2D eigenvalue weighted by Gasteiger charge is -2.27. The normalized spacial score (nSPS) is 17.3. The van der Waals surface area contributed by atoms with Crippen molar-refractivity contribution >= 4 is 17.3 Å². The van der Waals surface area contributed by atoms with Gasteiger partial charge in [0.1, 0.15) is 0 Å². The highest BCUT2D eigenvalue weighted by atomic mass is 32.1. The average Bonchev–Trinajstić information content (AvgIpc) is 3.28. The third-order valence-corrected chi connectivity index (χ3v) is 6.28. The molecule has 0 aromatic carbocycles. The van der Waals surface area contributed by atoms with Crippen LogP contribution in [0.4, 0.5) is 0 Å². The van der Waals surface area contributed by atoms with Gasteiger partial charge in [-0.2, -0.15) is 0 Å². The van der Waals surface area contributed by atoms with Gasteiger partial charge in [0.2, 0.25) is 0 Å². The molecule has 0 amide bonds. The summed E-state index contributed by atoms with van der Waals surface area (Å²) in [6, 6.07) is 0. The number of hydrogen-bond donors (Lipinski definition) is 2. The molecule has 1 heterocycles. The van der Waals surface area contributed by atoms with E-state index in [0.717, 1.165) is 45.0 Å². The second-order valence-electron chi connectivity index (χ2n) is 8.70. The highest BCUT2D eigenvalue weighted by molar-refractivity contribution is 7.09. The molecule has 0 radical (unpaired) electrons. The molecule has 2 rings (SSSR count). The Hall–Kier alpha value is -1.14. The third kappa shape index (κ3) is 7.07. The van der Waals surface area contributed by atoms with Gasteiger partial charge in [0.05, 0.1) is 10.7 Å². The first-order valence-corrected chi connectivity index (χ1v) is 11.2. The zero-order valence-corrected chi connectivity index (χ0v) is 18.7. The SMILES string of the molecule is CCNC(=NCC1(CCOC)CCCC1)NCCc1nc(C(C)(C)C)cs1. The Balaban J connectivity index is 1.88. The van der Waals surface area contributed by atoms with E-state index in [-0.39, 0.29) is 5.41 Å². The van der Waals surface area contributed by atoms with Crippen molar-refractivity contribution in [3.05, 3.63) is 16.1 Å². The second kappa shape index (κ2) is 10.4. The van der Waals surface area contributed by atoms with Gasteiger partial charge in [0.15, 0.2) is 5.96 Å². The molecular formula is C21H38N4OS. The van der Waals surface area contributed by atoms with Crippen LogP contribution in [0.25, 0.3) is 0 Å². The van der Waals surface area contributed by atoms with Crippen LogP contribution in [0.2, 0.25) is 0 Å². The van der Waals surface area contributed by atoms with Crippen molar-refractivity contribution in [2.75, 3.05) is 33.4 Å². The summed E-state index contributed by atoms with van der Waals surface area (Å²) in [5, 5.41) is 10.3. The standard InChI is InChI=1S/C21H38N4OS/c1-6-22-19(24-16-21(12-14-26-5)10-7-8-11-21)23-13-9-18-25-17(15-27-18)20(2,3)4/h15H,6-14,16H2,1-5H3,(H2,22,23,24). The van der Waals surface area contributed by atoms with Gasteiger partial charge in [-0.1, -0.05) is 33.6 Å². The molecule has 1 aliphatic rings. The van der Waals surface area contributed by atoms with Gasteiger partial charge in [0, 0.05) is 50.6 Å². The quantitative estimate of drug-likeness (QED) is 0.488. The van der Waals surface area contributed by atoms with Crippen LogP contribution >= 0.6 is 11.3 Å². The van der Waals surface area contributed by atoms with Gasteiger partial charge in [-0.05, 0) is 31.6 Å². The number of aromatic nitrogens is 1. The first-order chi connectivity index (χ1) is 12.9. The summed E-state index contributed by atoms with van der Waals surface area (Å²) in [5.41, 5.74) is 1.63. The molecule has 1 aromatic rings. The van der Waals surface area contributed by atoms with E-state index < -0.39 is 0 Å². The van der Waals surface area contributed by atoms with Crippen molar-refractivity contribution in [1.82, 2.24) is 15.6 Å². The van der Waals surface area contributed by atoms with Crippen LogP contribution in [-0.2, 0) is 16.6 Å². The van der Waals surface area contributed by atoms with Gasteiger partial charge in [-0.25, -0.2) is 4.98 Å². The van der Waals surface area contributed by atoms with E-state index in [2.05, 4.69) is 43.7 Å². The maximum Gasteiger partial charge on any atom is 0.191 e. The minimum absolute atomic E-state index is 0.121. The first-order valence-electron chi connectivity index (χ1n) is 10.3. The molecule has 5 nitrogen and oxygen atoms in total. The molecule has 0 aliphatic heterocycles. The number of thiazole rings is 1. The molecule has 0 saturated heterocycles. The number of nitrogens with one attached hydrogen (secondary N) is 2. The number of rotatable bonds is 9. The highest BCUT2D eigenvalue weighted by Gasteiger charge is 2.33. The Morgan fingerprint density at radius 2 is 2.04 bits per heavy atom. The lowest BCUT2D eigenvalue weighted by Crippen LogP contribution is -2.39. The van der Waals surface area contributed by atoms with E-state index in [1.54, 1.807) is 18.4 Å². The zero-order valence-electron chi connectivity index (χ0n) is 17.9. The van der Waals surface area contributed by atoms with Gasteiger partial charge in [-0.3, -0.25) is 4.99 Å². The highest BCUT2D eigenvalue weighted by Crippen LogP contribution is 2.41. The van der Waals surface area contributed by atoms with Gasteiger partial charge < -0.3 is 15.4 Å². The molecule has 0 spiro atoms. The van der Waals surface area contributed by atoms with Gasteiger partial charge >= 0.3 is 0 Å². The van der Waals surface area contributed by atoms with Gasteiger partial charge in [-0.15, -0.1) is 11.3 Å². The van der Waals surface area contributed by atoms with Crippen LogP contribution in [0, 0.1) is 5.41 Å². The van der Waals surface area contributed by atoms with Crippen LogP contribution < -0.4 is 10.6 Å². The number of nitrogens with zero attached hydrogens (tertiary/aromatic N) is 2. The van der Waals surface area contributed by atoms with Crippen LogP contribution in [0.3, 0.4) is 0 Å². The molecule has 0 bridgehead atoms. The molecule has 27 heavy (non-hydrogen) atoms. The van der Waals surface area contributed by atoms with E-state index in [1.807, 2.05) is 0 Å². The summed E-state index contributed by atoms with van der Waals surface area (Å²) in [6.45, 7) is 12.2. The zero-order chi connectivity index (χ0) is 19.8. The van der Waals surface area contributed by atoms with E-state index in [9.17, 15) is 0 Å². The Morgan fingerprint density at radius 1 is 1.30 bits per heavy atom. The Labute approximate surface area is 169 Å². The molecule has 154 valence electrons. The third-order valence-electron chi connectivity index (χ3n) is 5.37. The van der Waals surface area contributed by atoms with Crippen molar-refractivity contribution in [3.8, 4) is 0 Å². The Bertz CT molecular complexity index is 585. The van der Waals surface area contributed by atoms with Crippen molar-refractivity contribution < 1.29 is 4.74 Å². The van der Waals surface area contributed by atoms with E-state index >= 15 is 0 Å². The first kappa shape index (κ1) is 22.2. The van der Waals surface area contributed by atoms with Crippen molar-refractivity contribution in [2.24, 2.45) is 10.4 Å². The van der Waals surface area contributed by atoms with Crippen molar-refractivity contribution in [2.45, 2.75) is 71.6 Å². The van der Waals surface area contributed by atoms with Crippen molar-refractivity contribution in [1.29, 1.82) is 0 Å². The lowest BCUT2D eigenvalue weighted by atomic mass is 9.83. The Kier molecular flexibility index (Phi) is 8.55. The molecule has 6 heteroatoms. The molecule has 2 N–H and O–H groups in total. The molecule has 1 saturated carbocycles. The smallest absolute Gasteiger partial charge is 0.191 e. The largest absolute Gasteiger partial charge is 0.385 e. The van der Waals surface area contributed by atoms with E-state index in [0.29, 0.717) is 5.41 Å². The van der Waals surface area contributed by atoms with Crippen LogP contribution in [0.1, 0.15) is 70.5 Å². The van der Waals surface area contributed by atoms with E-state index in [4.69, 9.17) is 14.7 Å². The predicted octanol–water partition coefficient (Wildman–Crippen LogP) is 4.14. The summed E-state index contributed by atoms with van der Waals surface area (Å²) in [6.07, 6.45) is 7.23. The van der Waals surface area contributed by atoms with Crippen molar-refractivity contribution in [3.63, 3.8) is 0 Å². The van der Waals surface area contributed by atoms with Gasteiger partial charge in [0.25, 0.3) is 0 Å². The lowest BCUT2D eigenvalue weighted by molar-refractivity contribution is 0.141. The van der Waals surface area contributed by atoms with Crippen LogP contribution in [-0.4, -0.2) is 44.3 Å². The summed E-state index contributed by atoms with van der Waals surface area (Å²) >= 11 is 1.76. The number of aliphatic imine (C=N–C) groups is 1. The summed E-state index contributed by atoms with van der Waals surface area (Å²) < 4.78 is 5.34. The number of methoxy groups -OCH3 is 1. The molecule has 0 atom stereocenters. The van der Waals surface area contributed by atoms with Crippen LogP contribution in [0.15, 0.2) is 10.4 Å². The van der Waals surface area contributed by atoms with Crippen LogP contribution in [0.5, 0.6) is 0 Å². The second-order valence-corrected chi connectivity index (χ2v) is 9.64. The molecule has 0 unspecified atom stereocenters. The molecular weight excluding hydrogens is 356 g/mol. The minimum Gasteiger partial charge on any atom is -0.385 e. The molecule has 1 aromatic heterocycles. The summed E-state index contributed by atoms with van der Waals surface area (Å²) in [5.74, 6) is 0.925. The fraction of sp³-hybridized carbons (Fsp3) is 0.810. The average molecular weight is 395 g/mol. The summed E-state index contributed by atoms with van der Waals surface area (Å²) in [7, 11) is 1.79. The molecule has 1 fully saturated rings. The minimum atomic E-state index is 0.121. The monoisotopic (exact) mass is 394 g/mol. The maximum atomic E-state index is 5.34. The summed E-state index contributed by atoms with van der Waals surface area (Å²) in [4.78, 5) is 9.70. The fourth-order valence-electron chi connectivity index (χ4n) is 3.58. The fourth-order valence-corrected chi connectivity index (χ4v) is 4.60. The molecule has 1 aliphatic carbocycles.